The Hall–Kier alpha value is -2.83. The molecule has 0 radical (unpaired) electrons. The summed E-state index contributed by atoms with van der Waals surface area (Å²) in [5, 5.41) is 3.56. The second kappa shape index (κ2) is 13.5. The van der Waals surface area contributed by atoms with Crippen LogP contribution in [0.25, 0.3) is 0 Å². The minimum Gasteiger partial charge on any atom is -0.483 e. The topological polar surface area (TPSA) is 58.6 Å². The first kappa shape index (κ1) is 27.8. The Bertz CT molecular complexity index is 1170. The standard InChI is InChI=1S/C29H32BrClN2O3/c1-4-21-13-14-27(25(30)16-21)36-19-28(34)33(18-23-11-8-12-24(31)15-23)26(29(35)32-20(2)3)17-22-9-6-5-7-10-22/h5-16,20,26H,4,17-19H2,1-3H3,(H,32,35)/t26-/m1/s1. The first-order chi connectivity index (χ1) is 17.3. The van der Waals surface area contributed by atoms with E-state index in [1.54, 1.807) is 11.0 Å². The third-order valence-corrected chi connectivity index (χ3v) is 6.55. The zero-order chi connectivity index (χ0) is 26.1. The maximum Gasteiger partial charge on any atom is 0.261 e. The van der Waals surface area contributed by atoms with Crippen molar-refractivity contribution in [3.8, 4) is 5.75 Å². The van der Waals surface area contributed by atoms with Crippen LogP contribution in [0.15, 0.2) is 77.3 Å². The van der Waals surface area contributed by atoms with Gasteiger partial charge in [-0.15, -0.1) is 0 Å². The van der Waals surface area contributed by atoms with E-state index in [1.807, 2.05) is 80.6 Å². The highest BCUT2D eigenvalue weighted by Gasteiger charge is 2.31. The van der Waals surface area contributed by atoms with E-state index >= 15 is 0 Å². The van der Waals surface area contributed by atoms with Gasteiger partial charge in [-0.2, -0.15) is 0 Å². The van der Waals surface area contributed by atoms with Crippen molar-refractivity contribution in [2.45, 2.75) is 52.2 Å². The molecule has 5 nitrogen and oxygen atoms in total. The molecule has 36 heavy (non-hydrogen) atoms. The number of rotatable bonds is 11. The quantitative estimate of drug-likeness (QED) is 0.298. The van der Waals surface area contributed by atoms with Crippen molar-refractivity contribution in [2.24, 2.45) is 0 Å². The van der Waals surface area contributed by atoms with E-state index in [0.717, 1.165) is 27.6 Å². The second-order valence-corrected chi connectivity index (χ2v) is 10.2. The summed E-state index contributed by atoms with van der Waals surface area (Å²) in [5.74, 6) is 0.0773. The summed E-state index contributed by atoms with van der Waals surface area (Å²) in [5.41, 5.74) is 2.96. The van der Waals surface area contributed by atoms with E-state index in [9.17, 15) is 9.59 Å². The number of benzene rings is 3. The van der Waals surface area contributed by atoms with Crippen molar-refractivity contribution in [3.05, 3.63) is 99.0 Å². The number of aryl methyl sites for hydroxylation is 1. The van der Waals surface area contributed by atoms with Crippen LogP contribution in [0.5, 0.6) is 5.75 Å². The number of hydrogen-bond acceptors (Lipinski definition) is 3. The molecule has 0 aliphatic rings. The molecular weight excluding hydrogens is 540 g/mol. The molecule has 0 aliphatic heterocycles. The number of carbonyl (C=O) groups excluding carboxylic acids is 2. The Balaban J connectivity index is 1.91. The summed E-state index contributed by atoms with van der Waals surface area (Å²) >= 11 is 9.75. The van der Waals surface area contributed by atoms with Crippen LogP contribution in [0.2, 0.25) is 5.02 Å². The van der Waals surface area contributed by atoms with E-state index < -0.39 is 6.04 Å². The smallest absolute Gasteiger partial charge is 0.261 e. The number of carbonyl (C=O) groups is 2. The van der Waals surface area contributed by atoms with Crippen LogP contribution >= 0.6 is 27.5 Å². The number of halogens is 2. The molecule has 0 unspecified atom stereocenters. The van der Waals surface area contributed by atoms with E-state index in [4.69, 9.17) is 16.3 Å². The Morgan fingerprint density at radius 2 is 1.69 bits per heavy atom. The molecule has 0 fully saturated rings. The molecular formula is C29H32BrClN2O3. The lowest BCUT2D eigenvalue weighted by atomic mass is 10.0. The van der Waals surface area contributed by atoms with Gasteiger partial charge >= 0.3 is 0 Å². The fraction of sp³-hybridized carbons (Fsp3) is 0.310. The van der Waals surface area contributed by atoms with Crippen LogP contribution in [0.3, 0.4) is 0 Å². The number of amides is 2. The lowest BCUT2D eigenvalue weighted by Gasteiger charge is -2.32. The molecule has 0 bridgehead atoms. The van der Waals surface area contributed by atoms with Crippen LogP contribution < -0.4 is 10.1 Å². The Morgan fingerprint density at radius 1 is 0.972 bits per heavy atom. The molecule has 190 valence electrons. The molecule has 7 heteroatoms. The maximum absolute atomic E-state index is 13.6. The van der Waals surface area contributed by atoms with Gasteiger partial charge in [-0.3, -0.25) is 9.59 Å². The van der Waals surface area contributed by atoms with Gasteiger partial charge in [-0.05, 0) is 77.2 Å². The first-order valence-corrected chi connectivity index (χ1v) is 13.2. The van der Waals surface area contributed by atoms with Gasteiger partial charge in [0.15, 0.2) is 6.61 Å². The van der Waals surface area contributed by atoms with Crippen molar-refractivity contribution in [1.29, 1.82) is 0 Å². The van der Waals surface area contributed by atoms with Gasteiger partial charge in [-0.25, -0.2) is 0 Å². The highest BCUT2D eigenvalue weighted by atomic mass is 79.9. The molecule has 0 spiro atoms. The summed E-state index contributed by atoms with van der Waals surface area (Å²) in [7, 11) is 0. The Labute approximate surface area is 226 Å². The number of nitrogens with zero attached hydrogens (tertiary/aromatic N) is 1. The minimum absolute atomic E-state index is 0.0665. The molecule has 0 aliphatic carbocycles. The molecule has 0 heterocycles. The zero-order valence-corrected chi connectivity index (χ0v) is 23.2. The second-order valence-electron chi connectivity index (χ2n) is 8.93. The summed E-state index contributed by atoms with van der Waals surface area (Å²) in [6.45, 7) is 5.91. The van der Waals surface area contributed by atoms with Gasteiger partial charge in [0.05, 0.1) is 4.47 Å². The minimum atomic E-state index is -0.726. The van der Waals surface area contributed by atoms with Gasteiger partial charge in [0.1, 0.15) is 11.8 Å². The van der Waals surface area contributed by atoms with Gasteiger partial charge in [0.2, 0.25) is 5.91 Å². The van der Waals surface area contributed by atoms with Gasteiger partial charge in [0, 0.05) is 24.0 Å². The molecule has 2 amide bonds. The molecule has 0 saturated heterocycles. The van der Waals surface area contributed by atoms with E-state index in [0.29, 0.717) is 17.2 Å². The Kier molecular flexibility index (Phi) is 10.4. The summed E-state index contributed by atoms with van der Waals surface area (Å²) in [4.78, 5) is 28.6. The highest BCUT2D eigenvalue weighted by molar-refractivity contribution is 9.10. The predicted molar refractivity (Wildman–Crippen MR) is 148 cm³/mol. The molecule has 3 aromatic carbocycles. The summed E-state index contributed by atoms with van der Waals surface area (Å²) < 4.78 is 6.69. The van der Waals surface area contributed by atoms with Crippen LogP contribution in [0.1, 0.15) is 37.5 Å². The summed E-state index contributed by atoms with van der Waals surface area (Å²) in [6, 6.07) is 22.0. The molecule has 1 N–H and O–H groups in total. The lowest BCUT2D eigenvalue weighted by Crippen LogP contribution is -2.52. The Morgan fingerprint density at radius 3 is 2.33 bits per heavy atom. The van der Waals surface area contributed by atoms with E-state index in [2.05, 4.69) is 28.2 Å². The van der Waals surface area contributed by atoms with Crippen LogP contribution in [0, 0.1) is 0 Å². The number of nitrogens with one attached hydrogen (secondary N) is 1. The van der Waals surface area contributed by atoms with Crippen molar-refractivity contribution >= 4 is 39.3 Å². The summed E-state index contributed by atoms with van der Waals surface area (Å²) in [6.07, 6.45) is 1.28. The van der Waals surface area contributed by atoms with Crippen molar-refractivity contribution in [2.75, 3.05) is 6.61 Å². The van der Waals surface area contributed by atoms with Crippen molar-refractivity contribution in [1.82, 2.24) is 10.2 Å². The highest BCUT2D eigenvalue weighted by Crippen LogP contribution is 2.26. The van der Waals surface area contributed by atoms with E-state index in [1.165, 1.54) is 0 Å². The average Bonchev–Trinajstić information content (AvgIpc) is 2.85. The number of hydrogen-bond donors (Lipinski definition) is 1. The molecule has 1 atom stereocenters. The SMILES string of the molecule is CCc1ccc(OCC(=O)N(Cc2cccc(Cl)c2)[C@H](Cc2ccccc2)C(=O)NC(C)C)c(Br)c1. The predicted octanol–water partition coefficient (Wildman–Crippen LogP) is 6.21. The van der Waals surface area contributed by atoms with Crippen LogP contribution in [-0.2, 0) is 29.0 Å². The first-order valence-electron chi connectivity index (χ1n) is 12.1. The third kappa shape index (κ3) is 8.10. The van der Waals surface area contributed by atoms with Crippen LogP contribution in [0.4, 0.5) is 0 Å². The monoisotopic (exact) mass is 570 g/mol. The van der Waals surface area contributed by atoms with Crippen molar-refractivity contribution < 1.29 is 14.3 Å². The normalized spacial score (nSPS) is 11.7. The maximum atomic E-state index is 13.6. The molecule has 0 saturated carbocycles. The fourth-order valence-electron chi connectivity index (χ4n) is 3.87. The number of ether oxygens (including phenoxy) is 1. The largest absolute Gasteiger partial charge is 0.483 e. The van der Waals surface area contributed by atoms with Gasteiger partial charge in [0.25, 0.3) is 5.91 Å². The lowest BCUT2D eigenvalue weighted by molar-refractivity contribution is -0.143. The van der Waals surface area contributed by atoms with Crippen LogP contribution in [-0.4, -0.2) is 35.4 Å². The van der Waals surface area contributed by atoms with Gasteiger partial charge < -0.3 is 15.0 Å². The zero-order valence-electron chi connectivity index (χ0n) is 20.8. The fourth-order valence-corrected chi connectivity index (χ4v) is 4.62. The van der Waals surface area contributed by atoms with Crippen molar-refractivity contribution in [3.63, 3.8) is 0 Å². The molecule has 0 aromatic heterocycles. The molecule has 3 aromatic rings. The van der Waals surface area contributed by atoms with Gasteiger partial charge in [-0.1, -0.05) is 67.1 Å². The van der Waals surface area contributed by atoms with E-state index in [-0.39, 0.29) is 31.0 Å². The average molecular weight is 572 g/mol. The molecule has 3 rings (SSSR count). The third-order valence-electron chi connectivity index (χ3n) is 5.70.